The second-order valence-corrected chi connectivity index (χ2v) is 7.32. The number of carbonyl (C=O) groups is 1. The van der Waals surface area contributed by atoms with Crippen LogP contribution in [0.4, 0.5) is 0 Å². The van der Waals surface area contributed by atoms with Crippen LogP contribution in [0.1, 0.15) is 44.4 Å². The van der Waals surface area contributed by atoms with Crippen molar-refractivity contribution < 1.29 is 13.9 Å². The molecule has 1 fully saturated rings. The molecule has 5 heteroatoms. The first-order valence-electron chi connectivity index (χ1n) is 9.94. The maximum absolute atomic E-state index is 12.2. The molecule has 2 aromatic rings. The number of likely N-dealkylation sites (tertiary alicyclic amines) is 1. The van der Waals surface area contributed by atoms with Crippen molar-refractivity contribution in [1.82, 2.24) is 10.2 Å². The molecule has 2 heterocycles. The van der Waals surface area contributed by atoms with Gasteiger partial charge in [0.15, 0.2) is 0 Å². The predicted octanol–water partition coefficient (Wildman–Crippen LogP) is 4.03. The molecule has 1 atom stereocenters. The van der Waals surface area contributed by atoms with Crippen molar-refractivity contribution in [2.45, 2.75) is 38.6 Å². The van der Waals surface area contributed by atoms with E-state index in [1.165, 1.54) is 12.8 Å². The molecule has 27 heavy (non-hydrogen) atoms. The number of ether oxygens (including phenoxy) is 1. The van der Waals surface area contributed by atoms with Gasteiger partial charge in [0.25, 0.3) is 0 Å². The molecule has 0 aliphatic carbocycles. The Kier molecular flexibility index (Phi) is 7.34. The number of carbonyl (C=O) groups excluding carboxylic acids is 1. The highest BCUT2D eigenvalue weighted by molar-refractivity contribution is 5.75. The van der Waals surface area contributed by atoms with E-state index in [2.05, 4.69) is 17.1 Å². The fourth-order valence-electron chi connectivity index (χ4n) is 3.47. The molecule has 1 saturated heterocycles. The standard InChI is InChI=1S/C22H30N2O3/c1-18-11-13-24(14-12-18)20(21-9-5-16-27-21)17-23-22(25)10-6-15-26-19-7-3-2-4-8-19/h2-5,7-9,16,18,20H,6,10-15,17H2,1H3,(H,23,25). The van der Waals surface area contributed by atoms with Crippen molar-refractivity contribution in [3.63, 3.8) is 0 Å². The quantitative estimate of drug-likeness (QED) is 0.677. The molecule has 3 rings (SSSR count). The lowest BCUT2D eigenvalue weighted by Crippen LogP contribution is -2.41. The third-order valence-corrected chi connectivity index (χ3v) is 5.18. The number of furan rings is 1. The fraction of sp³-hybridized carbons (Fsp3) is 0.500. The fourth-order valence-corrected chi connectivity index (χ4v) is 3.47. The van der Waals surface area contributed by atoms with Crippen LogP contribution in [0, 0.1) is 5.92 Å². The summed E-state index contributed by atoms with van der Waals surface area (Å²) in [5.74, 6) is 2.61. The Labute approximate surface area is 161 Å². The van der Waals surface area contributed by atoms with Crippen LogP contribution in [0.2, 0.25) is 0 Å². The van der Waals surface area contributed by atoms with Gasteiger partial charge in [-0.1, -0.05) is 25.1 Å². The summed E-state index contributed by atoms with van der Waals surface area (Å²) in [6, 6.07) is 13.7. The van der Waals surface area contributed by atoms with Gasteiger partial charge in [0.2, 0.25) is 5.91 Å². The van der Waals surface area contributed by atoms with Gasteiger partial charge in [-0.05, 0) is 62.5 Å². The van der Waals surface area contributed by atoms with Gasteiger partial charge in [0.05, 0.1) is 18.9 Å². The second kappa shape index (κ2) is 10.2. The summed E-state index contributed by atoms with van der Waals surface area (Å²) in [5, 5.41) is 3.08. The van der Waals surface area contributed by atoms with Crippen LogP contribution in [0.25, 0.3) is 0 Å². The van der Waals surface area contributed by atoms with Crippen molar-refractivity contribution in [3.8, 4) is 5.75 Å². The Hall–Kier alpha value is -2.27. The number of hydrogen-bond donors (Lipinski definition) is 1. The third kappa shape index (κ3) is 6.14. The normalized spacial score (nSPS) is 16.8. The van der Waals surface area contributed by atoms with Crippen LogP contribution in [0.5, 0.6) is 5.75 Å². The summed E-state index contributed by atoms with van der Waals surface area (Å²) in [7, 11) is 0. The van der Waals surface area contributed by atoms with E-state index in [1.54, 1.807) is 6.26 Å². The minimum atomic E-state index is 0.0635. The van der Waals surface area contributed by atoms with Gasteiger partial charge in [-0.2, -0.15) is 0 Å². The molecular formula is C22H30N2O3. The van der Waals surface area contributed by atoms with Crippen LogP contribution < -0.4 is 10.1 Å². The lowest BCUT2D eigenvalue weighted by molar-refractivity contribution is -0.121. The third-order valence-electron chi connectivity index (χ3n) is 5.18. The summed E-state index contributed by atoms with van der Waals surface area (Å²) in [5.41, 5.74) is 0. The van der Waals surface area contributed by atoms with Gasteiger partial charge >= 0.3 is 0 Å². The molecule has 0 radical (unpaired) electrons. The topological polar surface area (TPSA) is 54.7 Å². The summed E-state index contributed by atoms with van der Waals surface area (Å²) >= 11 is 0. The Morgan fingerprint density at radius 2 is 2.00 bits per heavy atom. The SMILES string of the molecule is CC1CCN(C(CNC(=O)CCCOc2ccccc2)c2ccco2)CC1. The minimum absolute atomic E-state index is 0.0635. The Bertz CT molecular complexity index is 664. The zero-order valence-electron chi connectivity index (χ0n) is 16.1. The largest absolute Gasteiger partial charge is 0.494 e. The van der Waals surface area contributed by atoms with Gasteiger partial charge in [-0.3, -0.25) is 9.69 Å². The molecule has 0 bridgehead atoms. The maximum Gasteiger partial charge on any atom is 0.220 e. The summed E-state index contributed by atoms with van der Waals surface area (Å²) in [6.45, 7) is 5.53. The molecule has 1 aromatic carbocycles. The Balaban J connectivity index is 1.42. The summed E-state index contributed by atoms with van der Waals surface area (Å²) in [4.78, 5) is 14.7. The summed E-state index contributed by atoms with van der Waals surface area (Å²) in [6.07, 6.45) is 5.27. The van der Waals surface area contributed by atoms with Crippen molar-refractivity contribution in [1.29, 1.82) is 0 Å². The molecule has 0 saturated carbocycles. The van der Waals surface area contributed by atoms with E-state index in [4.69, 9.17) is 9.15 Å². The number of hydrogen-bond acceptors (Lipinski definition) is 4. The van der Waals surface area contributed by atoms with Crippen molar-refractivity contribution >= 4 is 5.91 Å². The molecule has 0 spiro atoms. The van der Waals surface area contributed by atoms with Crippen LogP contribution >= 0.6 is 0 Å². The maximum atomic E-state index is 12.2. The molecular weight excluding hydrogens is 340 g/mol. The van der Waals surface area contributed by atoms with Crippen LogP contribution in [0.3, 0.4) is 0 Å². The predicted molar refractivity (Wildman–Crippen MR) is 106 cm³/mol. The zero-order valence-corrected chi connectivity index (χ0v) is 16.1. The first-order chi connectivity index (χ1) is 13.2. The molecule has 1 aliphatic heterocycles. The van der Waals surface area contributed by atoms with E-state index in [1.807, 2.05) is 42.5 Å². The molecule has 146 valence electrons. The molecule has 1 unspecified atom stereocenters. The van der Waals surface area contributed by atoms with Crippen LogP contribution in [0.15, 0.2) is 53.1 Å². The number of rotatable bonds is 9. The second-order valence-electron chi connectivity index (χ2n) is 7.32. The average Bonchev–Trinajstić information content (AvgIpc) is 3.22. The number of amides is 1. The van der Waals surface area contributed by atoms with Crippen molar-refractivity contribution in [2.75, 3.05) is 26.2 Å². The molecule has 1 N–H and O–H groups in total. The first-order valence-corrected chi connectivity index (χ1v) is 9.94. The van der Waals surface area contributed by atoms with Crippen molar-refractivity contribution in [2.24, 2.45) is 5.92 Å². The molecule has 1 amide bonds. The van der Waals surface area contributed by atoms with Crippen molar-refractivity contribution in [3.05, 3.63) is 54.5 Å². The molecule has 1 aliphatic rings. The lowest BCUT2D eigenvalue weighted by atomic mass is 9.97. The molecule has 5 nitrogen and oxygen atoms in total. The van der Waals surface area contributed by atoms with Crippen LogP contribution in [-0.2, 0) is 4.79 Å². The lowest BCUT2D eigenvalue weighted by Gasteiger charge is -2.35. The Morgan fingerprint density at radius 1 is 1.22 bits per heavy atom. The molecule has 1 aromatic heterocycles. The van der Waals surface area contributed by atoms with E-state index >= 15 is 0 Å². The van der Waals surface area contributed by atoms with Gasteiger partial charge in [0.1, 0.15) is 11.5 Å². The minimum Gasteiger partial charge on any atom is -0.494 e. The Morgan fingerprint density at radius 3 is 2.70 bits per heavy atom. The number of benzene rings is 1. The highest BCUT2D eigenvalue weighted by Gasteiger charge is 2.26. The van der Waals surface area contributed by atoms with Gasteiger partial charge in [-0.25, -0.2) is 0 Å². The smallest absolute Gasteiger partial charge is 0.220 e. The van der Waals surface area contributed by atoms with E-state index in [0.29, 0.717) is 26.0 Å². The number of nitrogens with zero attached hydrogens (tertiary/aromatic N) is 1. The highest BCUT2D eigenvalue weighted by atomic mass is 16.5. The number of para-hydroxylation sites is 1. The monoisotopic (exact) mass is 370 g/mol. The average molecular weight is 370 g/mol. The van der Waals surface area contributed by atoms with Gasteiger partial charge < -0.3 is 14.5 Å². The van der Waals surface area contributed by atoms with E-state index in [-0.39, 0.29) is 11.9 Å². The first kappa shape index (κ1) is 19.5. The van der Waals surface area contributed by atoms with E-state index in [9.17, 15) is 4.79 Å². The zero-order chi connectivity index (χ0) is 18.9. The summed E-state index contributed by atoms with van der Waals surface area (Å²) < 4.78 is 11.3. The van der Waals surface area contributed by atoms with Gasteiger partial charge in [0, 0.05) is 13.0 Å². The van der Waals surface area contributed by atoms with Gasteiger partial charge in [-0.15, -0.1) is 0 Å². The van der Waals surface area contributed by atoms with Crippen LogP contribution in [-0.4, -0.2) is 37.0 Å². The van der Waals surface area contributed by atoms with E-state index in [0.717, 1.165) is 30.5 Å². The van der Waals surface area contributed by atoms with E-state index < -0.39 is 0 Å². The highest BCUT2D eigenvalue weighted by Crippen LogP contribution is 2.26. The number of piperidine rings is 1. The number of nitrogens with one attached hydrogen (secondary N) is 1.